The first kappa shape index (κ1) is 19.8. The van der Waals surface area contributed by atoms with E-state index in [1.54, 1.807) is 17.4 Å². The molecule has 3 heterocycles. The summed E-state index contributed by atoms with van der Waals surface area (Å²) in [6.45, 7) is 4.47. The van der Waals surface area contributed by atoms with E-state index >= 15 is 0 Å². The van der Waals surface area contributed by atoms with E-state index in [-0.39, 0.29) is 23.1 Å². The van der Waals surface area contributed by atoms with Crippen molar-refractivity contribution in [3.63, 3.8) is 0 Å². The van der Waals surface area contributed by atoms with Crippen molar-refractivity contribution in [1.29, 1.82) is 5.26 Å². The van der Waals surface area contributed by atoms with Crippen LogP contribution in [0.2, 0.25) is 0 Å². The van der Waals surface area contributed by atoms with E-state index in [9.17, 15) is 10.1 Å². The van der Waals surface area contributed by atoms with E-state index in [1.807, 2.05) is 26.0 Å². The number of aromatic nitrogens is 2. The van der Waals surface area contributed by atoms with Crippen LogP contribution in [0.25, 0.3) is 21.9 Å². The number of nitrogens with one attached hydrogen (secondary N) is 1. The zero-order valence-electron chi connectivity index (χ0n) is 17.6. The van der Waals surface area contributed by atoms with Gasteiger partial charge in [-0.25, -0.2) is 4.98 Å². The second-order valence-corrected chi connectivity index (χ2v) is 9.12. The monoisotopic (exact) mass is 433 g/mol. The number of hydrogen-bond donors (Lipinski definition) is 1. The highest BCUT2D eigenvalue weighted by Gasteiger charge is 2.23. The van der Waals surface area contributed by atoms with E-state index in [0.29, 0.717) is 22.6 Å². The van der Waals surface area contributed by atoms with Crippen molar-refractivity contribution in [1.82, 2.24) is 9.97 Å². The quantitative estimate of drug-likeness (QED) is 0.605. The van der Waals surface area contributed by atoms with E-state index in [4.69, 9.17) is 9.47 Å². The minimum absolute atomic E-state index is 0.115. The van der Waals surface area contributed by atoms with Gasteiger partial charge in [0, 0.05) is 22.4 Å². The van der Waals surface area contributed by atoms with Crippen LogP contribution < -0.4 is 15.0 Å². The van der Waals surface area contributed by atoms with Crippen LogP contribution in [0.15, 0.2) is 16.9 Å². The first-order chi connectivity index (χ1) is 15.1. The Labute approximate surface area is 184 Å². The Bertz CT molecular complexity index is 1310. The van der Waals surface area contributed by atoms with Gasteiger partial charge in [-0.15, -0.1) is 11.3 Å². The number of aryl methyl sites for hydroxylation is 2. The molecule has 5 rings (SSSR count). The van der Waals surface area contributed by atoms with Crippen LogP contribution in [0, 0.1) is 11.3 Å². The minimum Gasteiger partial charge on any atom is -0.493 e. The summed E-state index contributed by atoms with van der Waals surface area (Å²) < 4.78 is 11.7. The second kappa shape index (κ2) is 7.86. The maximum Gasteiger partial charge on any atom is 0.260 e. The number of ether oxygens (including phenoxy) is 2. The molecule has 1 atom stereocenters. The lowest BCUT2D eigenvalue weighted by Crippen LogP contribution is -2.12. The summed E-state index contributed by atoms with van der Waals surface area (Å²) in [7, 11) is 0. The van der Waals surface area contributed by atoms with Gasteiger partial charge in [0.15, 0.2) is 5.82 Å². The summed E-state index contributed by atoms with van der Waals surface area (Å²) in [6.07, 6.45) is 6.83. The number of benzene rings is 1. The third-order valence-electron chi connectivity index (χ3n) is 5.83. The molecule has 0 spiro atoms. The zero-order valence-corrected chi connectivity index (χ0v) is 18.4. The van der Waals surface area contributed by atoms with Crippen molar-refractivity contribution in [2.45, 2.75) is 52.1 Å². The van der Waals surface area contributed by atoms with Crippen molar-refractivity contribution in [3.05, 3.63) is 49.9 Å². The summed E-state index contributed by atoms with van der Waals surface area (Å²) in [6, 6.07) is 6.09. The molecule has 1 aromatic carbocycles. The lowest BCUT2D eigenvalue weighted by atomic mass is 9.97. The normalized spacial score (nSPS) is 17.7. The summed E-state index contributed by atoms with van der Waals surface area (Å²) in [5, 5.41) is 10.6. The molecule has 1 aliphatic carbocycles. The highest BCUT2D eigenvalue weighted by Crippen LogP contribution is 2.37. The highest BCUT2D eigenvalue weighted by molar-refractivity contribution is 7.18. The third-order valence-corrected chi connectivity index (χ3v) is 7.01. The van der Waals surface area contributed by atoms with Crippen LogP contribution in [0.4, 0.5) is 0 Å². The summed E-state index contributed by atoms with van der Waals surface area (Å²) >= 11 is 1.58. The molecular weight excluding hydrogens is 410 g/mol. The van der Waals surface area contributed by atoms with Crippen molar-refractivity contribution < 1.29 is 9.47 Å². The number of H-pyrrole nitrogens is 1. The number of nitrogens with zero attached hydrogens (tertiary/aromatic N) is 2. The Morgan fingerprint density at radius 3 is 3.06 bits per heavy atom. The van der Waals surface area contributed by atoms with E-state index in [2.05, 4.69) is 16.0 Å². The van der Waals surface area contributed by atoms with Gasteiger partial charge >= 0.3 is 0 Å². The predicted octanol–water partition coefficient (Wildman–Crippen LogP) is 4.65. The van der Waals surface area contributed by atoms with Crippen LogP contribution >= 0.6 is 11.3 Å². The molecular formula is C24H23N3O3S. The molecule has 1 unspecified atom stereocenters. The molecule has 2 aliphatic rings. The molecule has 1 aliphatic heterocycles. The Morgan fingerprint density at radius 2 is 2.26 bits per heavy atom. The van der Waals surface area contributed by atoms with Gasteiger partial charge in [-0.1, -0.05) is 0 Å². The van der Waals surface area contributed by atoms with E-state index < -0.39 is 0 Å². The van der Waals surface area contributed by atoms with Crippen LogP contribution in [0.3, 0.4) is 0 Å². The average molecular weight is 434 g/mol. The average Bonchev–Trinajstić information content (AvgIpc) is 3.31. The molecule has 2 aromatic heterocycles. The van der Waals surface area contributed by atoms with E-state index in [0.717, 1.165) is 54.5 Å². The Kier molecular flexibility index (Phi) is 5.03. The number of rotatable bonds is 4. The fourth-order valence-electron chi connectivity index (χ4n) is 4.45. The number of aromatic amines is 1. The summed E-state index contributed by atoms with van der Waals surface area (Å²) in [5.41, 5.74) is 3.09. The Morgan fingerprint density at radius 1 is 1.42 bits per heavy atom. The van der Waals surface area contributed by atoms with Gasteiger partial charge in [-0.2, -0.15) is 5.26 Å². The molecule has 0 saturated heterocycles. The largest absolute Gasteiger partial charge is 0.493 e. The molecule has 1 N–H and O–H groups in total. The van der Waals surface area contributed by atoms with Gasteiger partial charge in [0.1, 0.15) is 28.5 Å². The van der Waals surface area contributed by atoms with Gasteiger partial charge < -0.3 is 14.5 Å². The number of fused-ring (bicyclic) bond motifs is 4. The Hall–Kier alpha value is -3.11. The maximum atomic E-state index is 12.9. The third kappa shape index (κ3) is 3.51. The molecule has 6 nitrogen and oxygen atoms in total. The molecule has 3 aromatic rings. The first-order valence-corrected chi connectivity index (χ1v) is 11.5. The van der Waals surface area contributed by atoms with Crippen molar-refractivity contribution >= 4 is 33.2 Å². The predicted molar refractivity (Wildman–Crippen MR) is 122 cm³/mol. The Balaban J connectivity index is 1.62. The second-order valence-electron chi connectivity index (χ2n) is 8.04. The number of nitriles is 1. The molecule has 158 valence electrons. The van der Waals surface area contributed by atoms with Crippen LogP contribution in [0.5, 0.6) is 11.5 Å². The van der Waals surface area contributed by atoms with Crippen LogP contribution in [0.1, 0.15) is 54.1 Å². The highest BCUT2D eigenvalue weighted by atomic mass is 32.1. The van der Waals surface area contributed by atoms with Crippen LogP contribution in [-0.4, -0.2) is 22.7 Å². The number of thiophene rings is 1. The number of allylic oxidation sites excluding steroid dienone is 1. The zero-order chi connectivity index (χ0) is 21.5. The minimum atomic E-state index is -0.170. The van der Waals surface area contributed by atoms with Gasteiger partial charge in [0.05, 0.1) is 17.6 Å². The number of hydrogen-bond acceptors (Lipinski definition) is 6. The lowest BCUT2D eigenvalue weighted by molar-refractivity contribution is 0.254. The van der Waals surface area contributed by atoms with Crippen molar-refractivity contribution in [2.24, 2.45) is 0 Å². The molecule has 0 radical (unpaired) electrons. The summed E-state index contributed by atoms with van der Waals surface area (Å²) in [4.78, 5) is 22.4. The van der Waals surface area contributed by atoms with Gasteiger partial charge in [0.25, 0.3) is 5.56 Å². The topological polar surface area (TPSA) is 88.0 Å². The SMILES string of the molecule is CCOc1cc2c(cc1/C=C(/C#N)c1nc3sc4c(c3c(=O)[nH]1)CCCC4)OC(C)C2. The summed E-state index contributed by atoms with van der Waals surface area (Å²) in [5.74, 6) is 1.79. The standard InChI is InChI=1S/C24H23N3O3S/c1-3-29-18-10-14-8-13(2)30-19(14)11-15(18)9-16(12-25)22-26-23(28)21-17-6-4-5-7-20(17)31-24(21)27-22/h9-11,13H,3-8H2,1-2H3,(H,26,27,28)/b16-9-. The molecule has 0 saturated carbocycles. The first-order valence-electron chi connectivity index (χ1n) is 10.7. The van der Waals surface area contributed by atoms with E-state index in [1.165, 1.54) is 4.88 Å². The van der Waals surface area contributed by atoms with Gasteiger partial charge in [-0.05, 0) is 63.3 Å². The molecule has 0 fully saturated rings. The smallest absolute Gasteiger partial charge is 0.260 e. The fourth-order valence-corrected chi connectivity index (χ4v) is 5.71. The molecule has 0 amide bonds. The van der Waals surface area contributed by atoms with Crippen LogP contribution in [-0.2, 0) is 19.3 Å². The van der Waals surface area contributed by atoms with Gasteiger partial charge in [-0.3, -0.25) is 4.79 Å². The fraction of sp³-hybridized carbons (Fsp3) is 0.375. The van der Waals surface area contributed by atoms with Crippen molar-refractivity contribution in [2.75, 3.05) is 6.61 Å². The molecule has 7 heteroatoms. The lowest BCUT2D eigenvalue weighted by Gasteiger charge is -2.11. The molecule has 31 heavy (non-hydrogen) atoms. The molecule has 0 bridgehead atoms. The maximum absolute atomic E-state index is 12.9. The van der Waals surface area contributed by atoms with Gasteiger partial charge in [0.2, 0.25) is 0 Å². The van der Waals surface area contributed by atoms with Crippen molar-refractivity contribution in [3.8, 4) is 17.6 Å².